The predicted molar refractivity (Wildman–Crippen MR) is 101 cm³/mol. The molecule has 0 heterocycles. The molecule has 0 spiro atoms. The zero-order chi connectivity index (χ0) is 18.8. The molecule has 5 nitrogen and oxygen atoms in total. The number of hydrogen-bond acceptors (Lipinski definition) is 4. The van der Waals surface area contributed by atoms with Crippen LogP contribution in [0.15, 0.2) is 42.5 Å². The highest BCUT2D eigenvalue weighted by molar-refractivity contribution is 6.35. The molecule has 0 aliphatic rings. The first-order valence-corrected chi connectivity index (χ1v) is 8.78. The zero-order valence-electron chi connectivity index (χ0n) is 14.0. The van der Waals surface area contributed by atoms with Crippen molar-refractivity contribution in [3.63, 3.8) is 0 Å². The van der Waals surface area contributed by atoms with Crippen molar-refractivity contribution in [2.45, 2.75) is 12.8 Å². The van der Waals surface area contributed by atoms with Crippen molar-refractivity contribution >= 4 is 29.1 Å². The maximum absolute atomic E-state index is 11.3. The molecule has 7 heteroatoms. The number of para-hydroxylation sites is 1. The van der Waals surface area contributed by atoms with Crippen LogP contribution in [0.1, 0.15) is 12.0 Å². The van der Waals surface area contributed by atoms with Gasteiger partial charge < -0.3 is 14.8 Å². The molecule has 1 amide bonds. The van der Waals surface area contributed by atoms with Crippen LogP contribution in [-0.4, -0.2) is 25.7 Å². The fourth-order valence-electron chi connectivity index (χ4n) is 2.22. The van der Waals surface area contributed by atoms with Gasteiger partial charge in [-0.1, -0.05) is 41.4 Å². The smallest absolute Gasteiger partial charge is 0.234 e. The van der Waals surface area contributed by atoms with Crippen molar-refractivity contribution in [2.24, 2.45) is 0 Å². The van der Waals surface area contributed by atoms with E-state index in [9.17, 15) is 4.79 Å². The molecule has 136 valence electrons. The van der Waals surface area contributed by atoms with E-state index in [2.05, 4.69) is 5.32 Å². The van der Waals surface area contributed by atoms with E-state index in [-0.39, 0.29) is 12.3 Å². The molecule has 2 aromatic carbocycles. The molecule has 0 aliphatic heterocycles. The Bertz CT molecular complexity index is 791. The molecule has 0 aromatic heterocycles. The van der Waals surface area contributed by atoms with Gasteiger partial charge in [-0.15, -0.1) is 0 Å². The van der Waals surface area contributed by atoms with Crippen molar-refractivity contribution in [3.8, 4) is 17.6 Å². The molecule has 2 aromatic rings. The first kappa shape index (κ1) is 19.9. The largest absolute Gasteiger partial charge is 0.490 e. The van der Waals surface area contributed by atoms with Crippen LogP contribution in [0.4, 0.5) is 0 Å². The molecule has 0 radical (unpaired) electrons. The van der Waals surface area contributed by atoms with Crippen LogP contribution in [0.2, 0.25) is 10.0 Å². The van der Waals surface area contributed by atoms with Crippen molar-refractivity contribution in [3.05, 3.63) is 58.1 Å². The van der Waals surface area contributed by atoms with Crippen molar-refractivity contribution in [1.29, 1.82) is 5.26 Å². The summed E-state index contributed by atoms with van der Waals surface area (Å²) in [5, 5.41) is 12.2. The number of ether oxygens (including phenoxy) is 2. The van der Waals surface area contributed by atoms with Gasteiger partial charge in [0.1, 0.15) is 31.1 Å². The second kappa shape index (κ2) is 10.5. The van der Waals surface area contributed by atoms with E-state index in [0.29, 0.717) is 42.0 Å². The number of hydrogen-bond donors (Lipinski definition) is 1. The number of nitrogens with zero attached hydrogens (tertiary/aromatic N) is 1. The van der Waals surface area contributed by atoms with Gasteiger partial charge in [0.2, 0.25) is 5.91 Å². The highest BCUT2D eigenvalue weighted by Gasteiger charge is 2.06. The van der Waals surface area contributed by atoms with E-state index in [1.165, 1.54) is 0 Å². The van der Waals surface area contributed by atoms with Gasteiger partial charge in [0.15, 0.2) is 0 Å². The number of nitrogens with one attached hydrogen (secondary N) is 1. The maximum Gasteiger partial charge on any atom is 0.234 e. The highest BCUT2D eigenvalue weighted by Crippen LogP contribution is 2.27. The van der Waals surface area contributed by atoms with E-state index in [1.54, 1.807) is 18.2 Å². The lowest BCUT2D eigenvalue weighted by Gasteiger charge is -2.13. The quantitative estimate of drug-likeness (QED) is 0.654. The van der Waals surface area contributed by atoms with Gasteiger partial charge in [-0.2, -0.15) is 5.26 Å². The van der Waals surface area contributed by atoms with Gasteiger partial charge in [-0.25, -0.2) is 0 Å². The first-order chi connectivity index (χ1) is 12.6. The van der Waals surface area contributed by atoms with Gasteiger partial charge >= 0.3 is 0 Å². The molecule has 0 atom stereocenters. The number of carbonyl (C=O) groups excluding carboxylic acids is 1. The average molecular weight is 393 g/mol. The Kier molecular flexibility index (Phi) is 8.07. The van der Waals surface area contributed by atoms with E-state index in [4.69, 9.17) is 37.9 Å². The average Bonchev–Trinajstić information content (AvgIpc) is 2.61. The van der Waals surface area contributed by atoms with Gasteiger partial charge in [-0.05, 0) is 36.2 Å². The minimum Gasteiger partial charge on any atom is -0.490 e. The van der Waals surface area contributed by atoms with E-state index >= 15 is 0 Å². The lowest BCUT2D eigenvalue weighted by molar-refractivity contribution is -0.120. The Morgan fingerprint density at radius 2 is 1.81 bits per heavy atom. The number of nitriles is 1. The standard InChI is InChI=1S/C19H18Cl2N2O3/c20-15-5-6-18(16(21)13-15)26-12-11-25-17-4-2-1-3-14(17)8-10-23-19(24)7-9-22/h1-6,13H,7-8,10-12H2,(H,23,24). The Morgan fingerprint density at radius 3 is 2.54 bits per heavy atom. The molecular formula is C19H18Cl2N2O3. The van der Waals surface area contributed by atoms with E-state index in [0.717, 1.165) is 11.3 Å². The van der Waals surface area contributed by atoms with E-state index < -0.39 is 0 Å². The molecule has 0 aliphatic carbocycles. The lowest BCUT2D eigenvalue weighted by Crippen LogP contribution is -2.25. The molecule has 0 bridgehead atoms. The molecule has 0 unspecified atom stereocenters. The number of amides is 1. The minimum absolute atomic E-state index is 0.136. The molecule has 26 heavy (non-hydrogen) atoms. The zero-order valence-corrected chi connectivity index (χ0v) is 15.5. The molecular weight excluding hydrogens is 375 g/mol. The van der Waals surface area contributed by atoms with Gasteiger partial charge in [-0.3, -0.25) is 4.79 Å². The SMILES string of the molecule is N#CCC(=O)NCCc1ccccc1OCCOc1ccc(Cl)cc1Cl. The molecule has 1 N–H and O–H groups in total. The topological polar surface area (TPSA) is 71.4 Å². The summed E-state index contributed by atoms with van der Waals surface area (Å²) in [6.45, 7) is 1.11. The normalized spacial score (nSPS) is 10.0. The van der Waals surface area contributed by atoms with Gasteiger partial charge in [0.25, 0.3) is 0 Å². The first-order valence-electron chi connectivity index (χ1n) is 8.02. The van der Waals surface area contributed by atoms with Crippen molar-refractivity contribution < 1.29 is 14.3 Å². The predicted octanol–water partition coefficient (Wildman–Crippen LogP) is 4.02. The van der Waals surface area contributed by atoms with Crippen LogP contribution in [0.25, 0.3) is 0 Å². The van der Waals surface area contributed by atoms with Crippen LogP contribution in [0.5, 0.6) is 11.5 Å². The van der Waals surface area contributed by atoms with Crippen LogP contribution in [0, 0.1) is 11.3 Å². The summed E-state index contributed by atoms with van der Waals surface area (Å²) in [4.78, 5) is 11.3. The summed E-state index contributed by atoms with van der Waals surface area (Å²) in [6, 6.07) is 14.4. The van der Waals surface area contributed by atoms with E-state index in [1.807, 2.05) is 30.3 Å². The third kappa shape index (κ3) is 6.47. The van der Waals surface area contributed by atoms with Gasteiger partial charge in [0, 0.05) is 11.6 Å². The number of rotatable bonds is 9. The van der Waals surface area contributed by atoms with Crippen molar-refractivity contribution in [2.75, 3.05) is 19.8 Å². The monoisotopic (exact) mass is 392 g/mol. The summed E-state index contributed by atoms with van der Waals surface area (Å²) >= 11 is 11.9. The minimum atomic E-state index is -0.279. The Balaban J connectivity index is 1.80. The summed E-state index contributed by atoms with van der Waals surface area (Å²) in [5.41, 5.74) is 0.967. The lowest BCUT2D eigenvalue weighted by atomic mass is 10.1. The second-order valence-corrected chi connectivity index (χ2v) is 6.16. The van der Waals surface area contributed by atoms with Crippen molar-refractivity contribution in [1.82, 2.24) is 5.32 Å². The Morgan fingerprint density at radius 1 is 1.08 bits per heavy atom. The fourth-order valence-corrected chi connectivity index (χ4v) is 2.68. The summed E-state index contributed by atoms with van der Waals surface area (Å²) in [7, 11) is 0. The van der Waals surface area contributed by atoms with Gasteiger partial charge in [0.05, 0.1) is 11.1 Å². The van der Waals surface area contributed by atoms with Crippen LogP contribution < -0.4 is 14.8 Å². The summed E-state index contributed by atoms with van der Waals surface area (Å²) < 4.78 is 11.4. The number of halogens is 2. The Hall–Kier alpha value is -2.42. The fraction of sp³-hybridized carbons (Fsp3) is 0.263. The molecule has 0 fully saturated rings. The maximum atomic E-state index is 11.3. The third-order valence-electron chi connectivity index (χ3n) is 3.42. The number of carbonyl (C=O) groups is 1. The third-order valence-corrected chi connectivity index (χ3v) is 3.95. The molecule has 0 saturated heterocycles. The van der Waals surface area contributed by atoms with Crippen LogP contribution >= 0.6 is 23.2 Å². The summed E-state index contributed by atoms with van der Waals surface area (Å²) in [5.74, 6) is 1.00. The second-order valence-electron chi connectivity index (χ2n) is 5.31. The molecule has 2 rings (SSSR count). The molecule has 0 saturated carbocycles. The van der Waals surface area contributed by atoms with Crippen LogP contribution in [-0.2, 0) is 11.2 Å². The number of benzene rings is 2. The Labute approximate surface area is 162 Å². The summed E-state index contributed by atoms with van der Waals surface area (Å²) in [6.07, 6.45) is 0.472. The van der Waals surface area contributed by atoms with Crippen LogP contribution in [0.3, 0.4) is 0 Å². The highest BCUT2D eigenvalue weighted by atomic mass is 35.5.